The standard InChI is InChI=1S/C20H24FN3O2/c21-16-1-3-18(4-2-16)26-20-19(22-9-10-23-20)15-5-11-24(12-6-15)17-7-13-25-14-8-17/h1-4,9-10,15,17H,5-8,11-14H2. The van der Waals surface area contributed by atoms with E-state index < -0.39 is 0 Å². The summed E-state index contributed by atoms with van der Waals surface area (Å²) in [7, 11) is 0. The van der Waals surface area contributed by atoms with Crippen molar-refractivity contribution in [2.45, 2.75) is 37.6 Å². The molecule has 2 aromatic rings. The van der Waals surface area contributed by atoms with Crippen molar-refractivity contribution >= 4 is 0 Å². The second kappa shape index (κ2) is 8.10. The van der Waals surface area contributed by atoms with Crippen LogP contribution in [0.5, 0.6) is 11.6 Å². The number of likely N-dealkylation sites (tertiary alicyclic amines) is 1. The summed E-state index contributed by atoms with van der Waals surface area (Å²) in [5.74, 6) is 1.17. The van der Waals surface area contributed by atoms with Gasteiger partial charge in [0.05, 0.1) is 0 Å². The van der Waals surface area contributed by atoms with Crippen LogP contribution in [0.1, 0.15) is 37.3 Å². The van der Waals surface area contributed by atoms with Gasteiger partial charge in [0.2, 0.25) is 5.88 Å². The van der Waals surface area contributed by atoms with Crippen LogP contribution >= 0.6 is 0 Å². The molecule has 138 valence electrons. The summed E-state index contributed by atoms with van der Waals surface area (Å²) in [4.78, 5) is 11.5. The summed E-state index contributed by atoms with van der Waals surface area (Å²) in [6.07, 6.45) is 7.73. The van der Waals surface area contributed by atoms with Crippen molar-refractivity contribution in [1.82, 2.24) is 14.9 Å². The van der Waals surface area contributed by atoms with Crippen LogP contribution in [0.3, 0.4) is 0 Å². The molecule has 1 aromatic carbocycles. The minimum Gasteiger partial charge on any atom is -0.437 e. The average Bonchev–Trinajstić information content (AvgIpc) is 2.71. The fourth-order valence-corrected chi connectivity index (χ4v) is 3.90. The van der Waals surface area contributed by atoms with E-state index in [1.807, 2.05) is 0 Å². The van der Waals surface area contributed by atoms with E-state index in [0.29, 0.717) is 23.6 Å². The largest absolute Gasteiger partial charge is 0.437 e. The molecule has 0 saturated carbocycles. The van der Waals surface area contributed by atoms with E-state index in [0.717, 1.165) is 57.7 Å². The zero-order chi connectivity index (χ0) is 17.8. The van der Waals surface area contributed by atoms with Crippen molar-refractivity contribution in [3.63, 3.8) is 0 Å². The Morgan fingerprint density at radius 2 is 1.65 bits per heavy atom. The van der Waals surface area contributed by atoms with Crippen LogP contribution < -0.4 is 4.74 Å². The van der Waals surface area contributed by atoms with Gasteiger partial charge in [0.1, 0.15) is 17.3 Å². The molecule has 0 unspecified atom stereocenters. The molecule has 0 bridgehead atoms. The van der Waals surface area contributed by atoms with Crippen molar-refractivity contribution in [3.05, 3.63) is 48.2 Å². The lowest BCUT2D eigenvalue weighted by Gasteiger charge is -2.39. The van der Waals surface area contributed by atoms with Crippen molar-refractivity contribution in [2.24, 2.45) is 0 Å². The molecule has 2 fully saturated rings. The molecule has 6 heteroatoms. The van der Waals surface area contributed by atoms with E-state index >= 15 is 0 Å². The highest BCUT2D eigenvalue weighted by Crippen LogP contribution is 2.34. The highest BCUT2D eigenvalue weighted by molar-refractivity contribution is 5.31. The molecule has 0 radical (unpaired) electrons. The molecule has 0 spiro atoms. The Labute approximate surface area is 153 Å². The molecule has 0 amide bonds. The second-order valence-electron chi connectivity index (χ2n) is 6.96. The van der Waals surface area contributed by atoms with Gasteiger partial charge in [-0.05, 0) is 63.0 Å². The van der Waals surface area contributed by atoms with E-state index in [4.69, 9.17) is 9.47 Å². The van der Waals surface area contributed by atoms with Crippen LogP contribution in [-0.4, -0.2) is 47.2 Å². The summed E-state index contributed by atoms with van der Waals surface area (Å²) < 4.78 is 24.5. The quantitative estimate of drug-likeness (QED) is 0.834. The summed E-state index contributed by atoms with van der Waals surface area (Å²) in [6, 6.07) is 6.65. The summed E-state index contributed by atoms with van der Waals surface area (Å²) in [5.41, 5.74) is 0.906. The number of piperidine rings is 1. The van der Waals surface area contributed by atoms with Gasteiger partial charge in [0, 0.05) is 37.6 Å². The number of halogens is 1. The Morgan fingerprint density at radius 3 is 2.38 bits per heavy atom. The lowest BCUT2D eigenvalue weighted by atomic mass is 9.91. The number of ether oxygens (including phenoxy) is 2. The number of hydrogen-bond acceptors (Lipinski definition) is 5. The number of nitrogens with zero attached hydrogens (tertiary/aromatic N) is 3. The molecule has 0 aliphatic carbocycles. The number of hydrogen-bond donors (Lipinski definition) is 0. The van der Waals surface area contributed by atoms with Crippen molar-refractivity contribution in [1.29, 1.82) is 0 Å². The van der Waals surface area contributed by atoms with Gasteiger partial charge in [-0.3, -0.25) is 4.98 Å². The van der Waals surface area contributed by atoms with E-state index in [1.54, 1.807) is 24.5 Å². The predicted molar refractivity (Wildman–Crippen MR) is 95.9 cm³/mol. The Balaban J connectivity index is 1.42. The third-order valence-corrected chi connectivity index (χ3v) is 5.34. The number of aromatic nitrogens is 2. The van der Waals surface area contributed by atoms with Gasteiger partial charge in [0.15, 0.2) is 0 Å². The Morgan fingerprint density at radius 1 is 0.962 bits per heavy atom. The first-order valence-electron chi connectivity index (χ1n) is 9.36. The van der Waals surface area contributed by atoms with Crippen LogP contribution in [0.25, 0.3) is 0 Å². The van der Waals surface area contributed by atoms with Crippen molar-refractivity contribution in [3.8, 4) is 11.6 Å². The number of rotatable bonds is 4. The maximum absolute atomic E-state index is 13.1. The first-order valence-corrected chi connectivity index (χ1v) is 9.36. The molecule has 2 aliphatic heterocycles. The van der Waals surface area contributed by atoms with E-state index in [1.165, 1.54) is 12.1 Å². The summed E-state index contributed by atoms with van der Waals surface area (Å²) in [6.45, 7) is 3.90. The Hall–Kier alpha value is -2.05. The predicted octanol–water partition coefficient (Wildman–Crippen LogP) is 3.77. The molecular weight excluding hydrogens is 333 g/mol. The molecule has 26 heavy (non-hydrogen) atoms. The van der Waals surface area contributed by atoms with Crippen LogP contribution in [0, 0.1) is 5.82 Å². The lowest BCUT2D eigenvalue weighted by molar-refractivity contribution is 0.0249. The van der Waals surface area contributed by atoms with Crippen LogP contribution in [0.15, 0.2) is 36.7 Å². The second-order valence-corrected chi connectivity index (χ2v) is 6.96. The van der Waals surface area contributed by atoms with Crippen LogP contribution in [0.2, 0.25) is 0 Å². The summed E-state index contributed by atoms with van der Waals surface area (Å²) >= 11 is 0. The molecule has 0 N–H and O–H groups in total. The molecule has 2 aliphatic rings. The molecule has 2 saturated heterocycles. The van der Waals surface area contributed by atoms with Crippen molar-refractivity contribution < 1.29 is 13.9 Å². The molecule has 1 aromatic heterocycles. The van der Waals surface area contributed by atoms with Gasteiger partial charge in [-0.15, -0.1) is 0 Å². The lowest BCUT2D eigenvalue weighted by Crippen LogP contribution is -2.43. The monoisotopic (exact) mass is 357 g/mol. The first-order chi connectivity index (χ1) is 12.8. The smallest absolute Gasteiger partial charge is 0.241 e. The molecule has 3 heterocycles. The molecule has 5 nitrogen and oxygen atoms in total. The van der Waals surface area contributed by atoms with Gasteiger partial charge in [-0.25, -0.2) is 9.37 Å². The Bertz CT molecular complexity index is 711. The zero-order valence-corrected chi connectivity index (χ0v) is 14.8. The van der Waals surface area contributed by atoms with E-state index in [-0.39, 0.29) is 5.82 Å². The third-order valence-electron chi connectivity index (χ3n) is 5.34. The molecular formula is C20H24FN3O2. The van der Waals surface area contributed by atoms with Gasteiger partial charge < -0.3 is 14.4 Å². The van der Waals surface area contributed by atoms with Gasteiger partial charge >= 0.3 is 0 Å². The Kier molecular flexibility index (Phi) is 5.41. The topological polar surface area (TPSA) is 47.5 Å². The first kappa shape index (κ1) is 17.4. The minimum absolute atomic E-state index is 0.280. The van der Waals surface area contributed by atoms with Gasteiger partial charge in [-0.2, -0.15) is 0 Å². The number of benzene rings is 1. The zero-order valence-electron chi connectivity index (χ0n) is 14.8. The maximum Gasteiger partial charge on any atom is 0.241 e. The normalized spacial score (nSPS) is 20.2. The average molecular weight is 357 g/mol. The van der Waals surface area contributed by atoms with Crippen LogP contribution in [0.4, 0.5) is 4.39 Å². The third kappa shape index (κ3) is 4.02. The highest BCUT2D eigenvalue weighted by atomic mass is 19.1. The van der Waals surface area contributed by atoms with E-state index in [9.17, 15) is 4.39 Å². The fraction of sp³-hybridized carbons (Fsp3) is 0.500. The molecule has 0 atom stereocenters. The molecule has 4 rings (SSSR count). The van der Waals surface area contributed by atoms with Crippen molar-refractivity contribution in [2.75, 3.05) is 26.3 Å². The van der Waals surface area contributed by atoms with E-state index in [2.05, 4.69) is 14.9 Å². The highest BCUT2D eigenvalue weighted by Gasteiger charge is 2.29. The maximum atomic E-state index is 13.1. The minimum atomic E-state index is -0.280. The summed E-state index contributed by atoms with van der Waals surface area (Å²) in [5, 5.41) is 0. The SMILES string of the molecule is Fc1ccc(Oc2nccnc2C2CCN(C3CCOCC3)CC2)cc1. The van der Waals surface area contributed by atoms with Crippen LogP contribution in [-0.2, 0) is 4.74 Å². The fourth-order valence-electron chi connectivity index (χ4n) is 3.90. The van der Waals surface area contributed by atoms with Gasteiger partial charge in [0.25, 0.3) is 0 Å². The van der Waals surface area contributed by atoms with Gasteiger partial charge in [-0.1, -0.05) is 0 Å².